The number of aliphatic hydroxyl groups excluding tert-OH is 1. The third kappa shape index (κ3) is 3.48. The second kappa shape index (κ2) is 7.19. The molecule has 1 aliphatic heterocycles. The number of benzene rings is 1. The highest BCUT2D eigenvalue weighted by Crippen LogP contribution is 2.24. The van der Waals surface area contributed by atoms with Crippen LogP contribution in [0.15, 0.2) is 30.4 Å². The summed E-state index contributed by atoms with van der Waals surface area (Å²) in [7, 11) is 0. The van der Waals surface area contributed by atoms with Crippen molar-refractivity contribution in [2.24, 2.45) is 0 Å². The molecule has 1 aromatic carbocycles. The number of esters is 1. The number of hydrogen-bond acceptors (Lipinski definition) is 5. The highest BCUT2D eigenvalue weighted by atomic mass is 16.5. The van der Waals surface area contributed by atoms with Crippen LogP contribution in [0.1, 0.15) is 51.3 Å². The van der Waals surface area contributed by atoms with Gasteiger partial charge in [-0.25, -0.2) is 4.79 Å². The van der Waals surface area contributed by atoms with E-state index in [2.05, 4.69) is 0 Å². The summed E-state index contributed by atoms with van der Waals surface area (Å²) in [6.45, 7) is 3.67. The number of ether oxygens (including phenoxy) is 1. The first-order chi connectivity index (χ1) is 11.0. The van der Waals surface area contributed by atoms with Crippen molar-refractivity contribution in [1.82, 2.24) is 4.90 Å². The molecule has 0 fully saturated rings. The zero-order valence-corrected chi connectivity index (χ0v) is 13.1. The first kappa shape index (κ1) is 16.9. The molecule has 0 aliphatic carbocycles. The van der Waals surface area contributed by atoms with Gasteiger partial charge in [0.2, 0.25) is 0 Å². The molecule has 1 heterocycles. The monoisotopic (exact) mass is 317 g/mol. The van der Waals surface area contributed by atoms with E-state index in [4.69, 9.17) is 4.74 Å². The fraction of sp³-hybridized carbons (Fsp3) is 0.353. The Labute approximate surface area is 134 Å². The Morgan fingerprint density at radius 2 is 2.00 bits per heavy atom. The van der Waals surface area contributed by atoms with Gasteiger partial charge in [-0.1, -0.05) is 19.1 Å². The van der Waals surface area contributed by atoms with Crippen molar-refractivity contribution in [2.75, 3.05) is 13.2 Å². The standard InChI is InChI=1S/C17H19NO5/c1-3-5-8-18-15(20)13-7-6-11(9-14(13)16(18)21)17(22)23-10-12(19)4-2/h3,5-7,9,12,19H,4,8,10H2,1-2H3/b5-3+. The van der Waals surface area contributed by atoms with Gasteiger partial charge < -0.3 is 9.84 Å². The average Bonchev–Trinajstić information content (AvgIpc) is 2.81. The van der Waals surface area contributed by atoms with Gasteiger partial charge in [-0.15, -0.1) is 0 Å². The number of imide groups is 1. The second-order valence-electron chi connectivity index (χ2n) is 5.21. The van der Waals surface area contributed by atoms with E-state index >= 15 is 0 Å². The van der Waals surface area contributed by atoms with Crippen LogP contribution in [0, 0.1) is 0 Å². The highest BCUT2D eigenvalue weighted by molar-refractivity contribution is 6.22. The van der Waals surface area contributed by atoms with Crippen molar-refractivity contribution >= 4 is 17.8 Å². The van der Waals surface area contributed by atoms with E-state index in [1.165, 1.54) is 18.2 Å². The topological polar surface area (TPSA) is 83.9 Å². The van der Waals surface area contributed by atoms with E-state index < -0.39 is 18.0 Å². The third-order valence-corrected chi connectivity index (χ3v) is 3.61. The van der Waals surface area contributed by atoms with Crippen LogP contribution in [0.3, 0.4) is 0 Å². The van der Waals surface area contributed by atoms with Crippen LogP contribution in [0.25, 0.3) is 0 Å². The maximum absolute atomic E-state index is 12.3. The first-order valence-corrected chi connectivity index (χ1v) is 7.46. The molecule has 23 heavy (non-hydrogen) atoms. The number of fused-ring (bicyclic) bond motifs is 1. The van der Waals surface area contributed by atoms with Gasteiger partial charge in [0.05, 0.1) is 22.8 Å². The molecule has 2 amide bonds. The Kier molecular flexibility index (Phi) is 5.28. The van der Waals surface area contributed by atoms with E-state index in [0.717, 1.165) is 4.90 Å². The Bertz CT molecular complexity index is 665. The molecule has 6 heteroatoms. The predicted octanol–water partition coefficient (Wildman–Crippen LogP) is 1.79. The number of rotatable bonds is 6. The number of allylic oxidation sites excluding steroid dienone is 1. The Balaban J connectivity index is 2.18. The molecule has 1 aromatic rings. The van der Waals surface area contributed by atoms with Crippen molar-refractivity contribution in [3.8, 4) is 0 Å². The molecule has 1 aliphatic rings. The number of nitrogens with zero attached hydrogens (tertiary/aromatic N) is 1. The Morgan fingerprint density at radius 1 is 1.30 bits per heavy atom. The predicted molar refractivity (Wildman–Crippen MR) is 83.2 cm³/mol. The molecule has 1 N–H and O–H groups in total. The van der Waals surface area contributed by atoms with Gasteiger partial charge in [0.25, 0.3) is 11.8 Å². The van der Waals surface area contributed by atoms with Crippen molar-refractivity contribution in [3.63, 3.8) is 0 Å². The summed E-state index contributed by atoms with van der Waals surface area (Å²) in [4.78, 5) is 37.5. The number of hydrogen-bond donors (Lipinski definition) is 1. The summed E-state index contributed by atoms with van der Waals surface area (Å²) in [6, 6.07) is 4.27. The van der Waals surface area contributed by atoms with Crippen LogP contribution >= 0.6 is 0 Å². The van der Waals surface area contributed by atoms with E-state index in [0.29, 0.717) is 6.42 Å². The minimum absolute atomic E-state index is 0.104. The smallest absolute Gasteiger partial charge is 0.338 e. The molecule has 0 bridgehead atoms. The van der Waals surface area contributed by atoms with Gasteiger partial charge in [-0.05, 0) is 31.5 Å². The van der Waals surface area contributed by atoms with E-state index in [-0.39, 0.29) is 35.7 Å². The van der Waals surface area contributed by atoms with E-state index in [9.17, 15) is 19.5 Å². The maximum atomic E-state index is 12.3. The Hall–Kier alpha value is -2.47. The average molecular weight is 317 g/mol. The number of amides is 2. The molecule has 0 aromatic heterocycles. The van der Waals surface area contributed by atoms with Gasteiger partial charge in [0.15, 0.2) is 0 Å². The lowest BCUT2D eigenvalue weighted by Crippen LogP contribution is -2.29. The van der Waals surface area contributed by atoms with Crippen LogP contribution in [-0.2, 0) is 4.74 Å². The van der Waals surface area contributed by atoms with Gasteiger partial charge in [-0.3, -0.25) is 14.5 Å². The van der Waals surface area contributed by atoms with Crippen molar-refractivity contribution in [3.05, 3.63) is 47.0 Å². The minimum atomic E-state index is -0.715. The molecule has 6 nitrogen and oxygen atoms in total. The van der Waals surface area contributed by atoms with Crippen LogP contribution in [-0.4, -0.2) is 47.0 Å². The summed E-state index contributed by atoms with van der Waals surface area (Å²) in [6.07, 6.45) is 3.23. The first-order valence-electron chi connectivity index (χ1n) is 7.46. The largest absolute Gasteiger partial charge is 0.459 e. The fourth-order valence-electron chi connectivity index (χ4n) is 2.17. The highest BCUT2D eigenvalue weighted by Gasteiger charge is 2.35. The molecular weight excluding hydrogens is 298 g/mol. The summed E-state index contributed by atoms with van der Waals surface area (Å²) in [5, 5.41) is 9.41. The fourth-order valence-corrected chi connectivity index (χ4v) is 2.17. The lowest BCUT2D eigenvalue weighted by Gasteiger charge is -2.10. The van der Waals surface area contributed by atoms with Crippen LogP contribution in [0.5, 0.6) is 0 Å². The summed E-state index contributed by atoms with van der Waals surface area (Å²) in [5.74, 6) is -1.43. The molecule has 0 saturated heterocycles. The summed E-state index contributed by atoms with van der Waals surface area (Å²) in [5.41, 5.74) is 0.663. The van der Waals surface area contributed by atoms with Gasteiger partial charge in [0.1, 0.15) is 6.61 Å². The normalized spacial score (nSPS) is 15.2. The summed E-state index contributed by atoms with van der Waals surface area (Å²) < 4.78 is 4.98. The lowest BCUT2D eigenvalue weighted by molar-refractivity contribution is 0.0250. The number of aliphatic hydroxyl groups is 1. The Morgan fingerprint density at radius 3 is 2.65 bits per heavy atom. The van der Waals surface area contributed by atoms with E-state index in [1.54, 1.807) is 26.0 Å². The van der Waals surface area contributed by atoms with Crippen LogP contribution in [0.4, 0.5) is 0 Å². The van der Waals surface area contributed by atoms with Crippen LogP contribution in [0.2, 0.25) is 0 Å². The molecule has 0 radical (unpaired) electrons. The minimum Gasteiger partial charge on any atom is -0.459 e. The second-order valence-corrected chi connectivity index (χ2v) is 5.21. The third-order valence-electron chi connectivity index (χ3n) is 3.61. The van der Waals surface area contributed by atoms with Crippen molar-refractivity contribution in [2.45, 2.75) is 26.4 Å². The van der Waals surface area contributed by atoms with E-state index in [1.807, 2.05) is 0 Å². The molecule has 1 atom stereocenters. The zero-order chi connectivity index (χ0) is 17.0. The SMILES string of the molecule is C/C=C/CN1C(=O)c2ccc(C(=O)OCC(O)CC)cc2C1=O. The molecule has 0 saturated carbocycles. The molecule has 1 unspecified atom stereocenters. The zero-order valence-electron chi connectivity index (χ0n) is 13.1. The molecule has 2 rings (SSSR count). The van der Waals surface area contributed by atoms with Crippen LogP contribution < -0.4 is 0 Å². The molecule has 122 valence electrons. The van der Waals surface area contributed by atoms with Gasteiger partial charge in [-0.2, -0.15) is 0 Å². The van der Waals surface area contributed by atoms with Gasteiger partial charge in [0, 0.05) is 6.54 Å². The molecular formula is C17H19NO5. The van der Waals surface area contributed by atoms with Gasteiger partial charge >= 0.3 is 5.97 Å². The summed E-state index contributed by atoms with van der Waals surface area (Å²) >= 11 is 0. The number of carbonyl (C=O) groups is 3. The quantitative estimate of drug-likeness (QED) is 0.491. The maximum Gasteiger partial charge on any atom is 0.338 e. The lowest BCUT2D eigenvalue weighted by atomic mass is 10.1. The number of carbonyl (C=O) groups excluding carboxylic acids is 3. The van der Waals surface area contributed by atoms with Crippen molar-refractivity contribution < 1.29 is 24.2 Å². The van der Waals surface area contributed by atoms with Crippen molar-refractivity contribution in [1.29, 1.82) is 0 Å². The molecule has 0 spiro atoms.